The van der Waals surface area contributed by atoms with Crippen LogP contribution in [0.3, 0.4) is 0 Å². The number of anilines is 1. The highest BCUT2D eigenvalue weighted by atomic mass is 16.5. The standard InChI is InChI=1S/C15H26N2O2/c1-10-11(2)14(19-6)12(7-13(10)18-5)17-9-15(3,4)8-16/h7,17H,8-9,16H2,1-6H3. The fraction of sp³-hybridized carbons (Fsp3) is 0.600. The third-order valence-electron chi connectivity index (χ3n) is 3.53. The molecular formula is C15H26N2O2. The summed E-state index contributed by atoms with van der Waals surface area (Å²) < 4.78 is 10.9. The van der Waals surface area contributed by atoms with Crippen molar-refractivity contribution < 1.29 is 9.47 Å². The van der Waals surface area contributed by atoms with Crippen LogP contribution in [0.25, 0.3) is 0 Å². The molecule has 0 saturated carbocycles. The molecule has 0 fully saturated rings. The highest BCUT2D eigenvalue weighted by Crippen LogP contribution is 2.37. The van der Waals surface area contributed by atoms with Gasteiger partial charge in [-0.25, -0.2) is 0 Å². The summed E-state index contributed by atoms with van der Waals surface area (Å²) in [5.74, 6) is 1.73. The average Bonchev–Trinajstić information content (AvgIpc) is 2.40. The molecule has 1 rings (SSSR count). The van der Waals surface area contributed by atoms with E-state index in [9.17, 15) is 0 Å². The van der Waals surface area contributed by atoms with Crippen molar-refractivity contribution in [1.82, 2.24) is 0 Å². The van der Waals surface area contributed by atoms with Crippen molar-refractivity contribution in [3.05, 3.63) is 17.2 Å². The topological polar surface area (TPSA) is 56.5 Å². The van der Waals surface area contributed by atoms with E-state index in [4.69, 9.17) is 15.2 Å². The summed E-state index contributed by atoms with van der Waals surface area (Å²) in [7, 11) is 3.37. The lowest BCUT2D eigenvalue weighted by Crippen LogP contribution is -2.31. The number of rotatable bonds is 6. The molecule has 1 aromatic carbocycles. The predicted molar refractivity (Wildman–Crippen MR) is 80.3 cm³/mol. The molecule has 1 aromatic rings. The third kappa shape index (κ3) is 3.53. The van der Waals surface area contributed by atoms with Gasteiger partial charge in [-0.1, -0.05) is 13.8 Å². The van der Waals surface area contributed by atoms with E-state index in [1.807, 2.05) is 19.9 Å². The highest BCUT2D eigenvalue weighted by molar-refractivity contribution is 5.66. The lowest BCUT2D eigenvalue weighted by atomic mass is 9.93. The lowest BCUT2D eigenvalue weighted by Gasteiger charge is -2.25. The molecular weight excluding hydrogens is 240 g/mol. The van der Waals surface area contributed by atoms with E-state index in [0.29, 0.717) is 6.54 Å². The van der Waals surface area contributed by atoms with Crippen molar-refractivity contribution >= 4 is 5.69 Å². The van der Waals surface area contributed by atoms with Gasteiger partial charge in [0.1, 0.15) is 11.5 Å². The summed E-state index contributed by atoms with van der Waals surface area (Å²) in [6.45, 7) is 9.74. The minimum Gasteiger partial charge on any atom is -0.496 e. The van der Waals surface area contributed by atoms with Crippen LogP contribution in [0.15, 0.2) is 6.07 Å². The van der Waals surface area contributed by atoms with Gasteiger partial charge in [0.2, 0.25) is 0 Å². The molecule has 0 amide bonds. The summed E-state index contributed by atoms with van der Waals surface area (Å²) >= 11 is 0. The van der Waals surface area contributed by atoms with Crippen molar-refractivity contribution in [2.24, 2.45) is 11.1 Å². The maximum Gasteiger partial charge on any atom is 0.145 e. The molecule has 0 heterocycles. The number of ether oxygens (including phenoxy) is 2. The number of benzene rings is 1. The molecule has 4 nitrogen and oxygen atoms in total. The van der Waals surface area contributed by atoms with E-state index in [1.165, 1.54) is 0 Å². The van der Waals surface area contributed by atoms with Gasteiger partial charge < -0.3 is 20.5 Å². The summed E-state index contributed by atoms with van der Waals surface area (Å²) in [4.78, 5) is 0. The Balaban J connectivity index is 3.09. The fourth-order valence-electron chi connectivity index (χ4n) is 1.88. The molecule has 4 heteroatoms. The minimum absolute atomic E-state index is 0.0387. The maximum absolute atomic E-state index is 5.76. The van der Waals surface area contributed by atoms with Gasteiger partial charge in [-0.05, 0) is 36.9 Å². The zero-order valence-electron chi connectivity index (χ0n) is 12.9. The molecule has 0 radical (unpaired) electrons. The molecule has 0 saturated heterocycles. The van der Waals surface area contributed by atoms with Crippen LogP contribution in [0.4, 0.5) is 5.69 Å². The SMILES string of the molecule is COc1cc(NCC(C)(C)CN)c(OC)c(C)c1C. The Kier molecular flexibility index (Phi) is 5.06. The average molecular weight is 266 g/mol. The first-order chi connectivity index (χ1) is 8.86. The van der Waals surface area contributed by atoms with E-state index >= 15 is 0 Å². The van der Waals surface area contributed by atoms with Crippen LogP contribution in [-0.2, 0) is 0 Å². The van der Waals surface area contributed by atoms with Crippen molar-refractivity contribution in [3.8, 4) is 11.5 Å². The van der Waals surface area contributed by atoms with Crippen LogP contribution in [-0.4, -0.2) is 27.3 Å². The summed E-state index contributed by atoms with van der Waals surface area (Å²) in [5, 5.41) is 3.41. The van der Waals surface area contributed by atoms with Gasteiger partial charge in [-0.3, -0.25) is 0 Å². The second kappa shape index (κ2) is 6.15. The van der Waals surface area contributed by atoms with Gasteiger partial charge in [0, 0.05) is 12.6 Å². The summed E-state index contributed by atoms with van der Waals surface area (Å²) in [6, 6.07) is 1.98. The van der Waals surface area contributed by atoms with Crippen LogP contribution < -0.4 is 20.5 Å². The zero-order valence-corrected chi connectivity index (χ0v) is 12.9. The quantitative estimate of drug-likeness (QED) is 0.831. The Hall–Kier alpha value is -1.42. The second-order valence-electron chi connectivity index (χ2n) is 5.63. The van der Waals surface area contributed by atoms with Gasteiger partial charge in [0.25, 0.3) is 0 Å². The fourth-order valence-corrected chi connectivity index (χ4v) is 1.88. The molecule has 0 atom stereocenters. The van der Waals surface area contributed by atoms with Crippen LogP contribution in [0.2, 0.25) is 0 Å². The number of nitrogens with two attached hydrogens (primary N) is 1. The van der Waals surface area contributed by atoms with Gasteiger partial charge in [0.15, 0.2) is 0 Å². The highest BCUT2D eigenvalue weighted by Gasteiger charge is 2.18. The zero-order chi connectivity index (χ0) is 14.6. The van der Waals surface area contributed by atoms with E-state index in [2.05, 4.69) is 19.2 Å². The Morgan fingerprint density at radius 2 is 1.79 bits per heavy atom. The molecule has 0 aliphatic heterocycles. The first-order valence-corrected chi connectivity index (χ1v) is 6.52. The summed E-state index contributed by atoms with van der Waals surface area (Å²) in [5.41, 5.74) is 8.93. The molecule has 0 unspecified atom stereocenters. The van der Waals surface area contributed by atoms with Crippen LogP contribution in [0, 0.1) is 19.3 Å². The van der Waals surface area contributed by atoms with Crippen molar-refractivity contribution in [2.75, 3.05) is 32.6 Å². The Morgan fingerprint density at radius 3 is 2.26 bits per heavy atom. The normalized spacial score (nSPS) is 11.3. The van der Waals surface area contributed by atoms with Gasteiger partial charge in [-0.2, -0.15) is 0 Å². The predicted octanol–water partition coefficient (Wildman–Crippen LogP) is 2.72. The van der Waals surface area contributed by atoms with Gasteiger partial charge in [0.05, 0.1) is 19.9 Å². The molecule has 108 valence electrons. The van der Waals surface area contributed by atoms with Crippen molar-refractivity contribution in [2.45, 2.75) is 27.7 Å². The van der Waals surface area contributed by atoms with Gasteiger partial charge >= 0.3 is 0 Å². The van der Waals surface area contributed by atoms with Crippen LogP contribution >= 0.6 is 0 Å². The Labute approximate surface area is 116 Å². The van der Waals surface area contributed by atoms with E-state index in [0.717, 1.165) is 34.9 Å². The Morgan fingerprint density at radius 1 is 1.16 bits per heavy atom. The number of nitrogens with one attached hydrogen (secondary N) is 1. The number of methoxy groups -OCH3 is 2. The molecule has 3 N–H and O–H groups in total. The molecule has 0 aliphatic carbocycles. The molecule has 0 bridgehead atoms. The van der Waals surface area contributed by atoms with E-state index < -0.39 is 0 Å². The first kappa shape index (κ1) is 15.6. The van der Waals surface area contributed by atoms with E-state index in [-0.39, 0.29) is 5.41 Å². The number of hydrogen-bond donors (Lipinski definition) is 2. The Bertz CT molecular complexity index is 442. The van der Waals surface area contributed by atoms with Crippen LogP contribution in [0.1, 0.15) is 25.0 Å². The van der Waals surface area contributed by atoms with Crippen molar-refractivity contribution in [1.29, 1.82) is 0 Å². The monoisotopic (exact) mass is 266 g/mol. The maximum atomic E-state index is 5.76. The second-order valence-corrected chi connectivity index (χ2v) is 5.63. The van der Waals surface area contributed by atoms with E-state index in [1.54, 1.807) is 14.2 Å². The number of hydrogen-bond acceptors (Lipinski definition) is 4. The molecule has 19 heavy (non-hydrogen) atoms. The smallest absolute Gasteiger partial charge is 0.145 e. The first-order valence-electron chi connectivity index (χ1n) is 6.52. The molecule has 0 aliphatic rings. The minimum atomic E-state index is 0.0387. The summed E-state index contributed by atoms with van der Waals surface area (Å²) in [6.07, 6.45) is 0. The third-order valence-corrected chi connectivity index (χ3v) is 3.53. The molecule has 0 spiro atoms. The molecule has 0 aromatic heterocycles. The lowest BCUT2D eigenvalue weighted by molar-refractivity contribution is 0.392. The van der Waals surface area contributed by atoms with Crippen LogP contribution in [0.5, 0.6) is 11.5 Å². The van der Waals surface area contributed by atoms with Crippen molar-refractivity contribution in [3.63, 3.8) is 0 Å². The van der Waals surface area contributed by atoms with Gasteiger partial charge in [-0.15, -0.1) is 0 Å². The largest absolute Gasteiger partial charge is 0.496 e.